The molecule has 0 saturated carbocycles. The minimum absolute atomic E-state index is 0.0389. The van der Waals surface area contributed by atoms with E-state index in [4.69, 9.17) is 12.2 Å². The molecule has 24 heavy (non-hydrogen) atoms. The monoisotopic (exact) mass is 350 g/mol. The third kappa shape index (κ3) is 4.99. The Balaban J connectivity index is 2.04. The molecule has 0 saturated heterocycles. The molecule has 126 valence electrons. The average molecular weight is 350 g/mol. The molecular formula is C17H16F2N2O2S. The van der Waals surface area contributed by atoms with Crippen molar-refractivity contribution in [3.05, 3.63) is 53.6 Å². The van der Waals surface area contributed by atoms with E-state index >= 15 is 0 Å². The zero-order valence-electron chi connectivity index (χ0n) is 13.1. The summed E-state index contributed by atoms with van der Waals surface area (Å²) in [5, 5.41) is 6.28. The van der Waals surface area contributed by atoms with Crippen molar-refractivity contribution in [2.45, 2.75) is 20.5 Å². The van der Waals surface area contributed by atoms with Gasteiger partial charge in [-0.3, -0.25) is 4.79 Å². The number of hydrogen-bond donors (Lipinski definition) is 2. The van der Waals surface area contributed by atoms with Crippen LogP contribution in [0, 0.1) is 6.92 Å². The lowest BCUT2D eigenvalue weighted by atomic mass is 10.1. The number of aryl methyl sites for hydroxylation is 1. The molecule has 2 aromatic carbocycles. The third-order valence-electron chi connectivity index (χ3n) is 3.20. The summed E-state index contributed by atoms with van der Waals surface area (Å²) in [7, 11) is 0. The molecule has 0 radical (unpaired) electrons. The quantitative estimate of drug-likeness (QED) is 0.609. The number of hydrogen-bond acceptors (Lipinski definition) is 3. The Morgan fingerprint density at radius 3 is 2.54 bits per heavy atom. The number of alkyl halides is 2. The fourth-order valence-corrected chi connectivity index (χ4v) is 2.28. The average Bonchev–Trinajstić information content (AvgIpc) is 2.49. The Morgan fingerprint density at radius 2 is 1.92 bits per heavy atom. The fourth-order valence-electron chi connectivity index (χ4n) is 2.05. The first kappa shape index (κ1) is 17.8. The Hall–Kier alpha value is -2.54. The summed E-state index contributed by atoms with van der Waals surface area (Å²) in [4.78, 5) is 11.4. The molecule has 7 heteroatoms. The second-order valence-electron chi connectivity index (χ2n) is 5.07. The highest BCUT2D eigenvalue weighted by Crippen LogP contribution is 2.23. The molecule has 0 amide bonds. The van der Waals surface area contributed by atoms with Crippen LogP contribution in [0.15, 0.2) is 42.5 Å². The van der Waals surface area contributed by atoms with Crippen molar-refractivity contribution in [2.24, 2.45) is 0 Å². The normalized spacial score (nSPS) is 10.4. The second kappa shape index (κ2) is 7.83. The zero-order chi connectivity index (χ0) is 17.7. The van der Waals surface area contributed by atoms with Crippen LogP contribution in [0.2, 0.25) is 0 Å². The zero-order valence-corrected chi connectivity index (χ0v) is 13.9. The van der Waals surface area contributed by atoms with E-state index in [1.54, 1.807) is 37.3 Å². The van der Waals surface area contributed by atoms with Crippen molar-refractivity contribution in [3.8, 4) is 5.75 Å². The lowest BCUT2D eigenvalue weighted by molar-refractivity contribution is -0.0498. The lowest BCUT2D eigenvalue weighted by Gasteiger charge is -2.14. The number of ketones is 1. The molecule has 0 bridgehead atoms. The topological polar surface area (TPSA) is 50.4 Å². The van der Waals surface area contributed by atoms with Gasteiger partial charge in [0.1, 0.15) is 5.75 Å². The summed E-state index contributed by atoms with van der Waals surface area (Å²) in [5.74, 6) is 0.0454. The summed E-state index contributed by atoms with van der Waals surface area (Å²) in [6.45, 7) is 0.376. The number of ether oxygens (including phenoxy) is 1. The smallest absolute Gasteiger partial charge is 0.387 e. The molecule has 0 fully saturated rings. The van der Waals surface area contributed by atoms with E-state index in [0.29, 0.717) is 27.6 Å². The molecule has 2 N–H and O–H groups in total. The highest BCUT2D eigenvalue weighted by molar-refractivity contribution is 7.80. The number of carbonyl (C=O) groups is 1. The van der Waals surface area contributed by atoms with E-state index in [9.17, 15) is 13.6 Å². The summed E-state index contributed by atoms with van der Waals surface area (Å²) in [5.41, 5.74) is 2.62. The van der Waals surface area contributed by atoms with E-state index in [1.807, 2.05) is 0 Å². The number of carbonyl (C=O) groups excluding carboxylic acids is 1. The fraction of sp³-hybridized carbons (Fsp3) is 0.176. The molecule has 0 aliphatic heterocycles. The Morgan fingerprint density at radius 1 is 1.17 bits per heavy atom. The lowest BCUT2D eigenvalue weighted by Crippen LogP contribution is -2.19. The van der Waals surface area contributed by atoms with E-state index in [2.05, 4.69) is 15.4 Å². The molecule has 0 spiro atoms. The van der Waals surface area contributed by atoms with Crippen molar-refractivity contribution in [1.82, 2.24) is 0 Å². The number of benzene rings is 2. The number of thiocarbonyl (C=S) groups is 1. The van der Waals surface area contributed by atoms with Gasteiger partial charge in [0, 0.05) is 16.9 Å². The summed E-state index contributed by atoms with van der Waals surface area (Å²) in [6.07, 6.45) is 0. The molecule has 0 aromatic heterocycles. The summed E-state index contributed by atoms with van der Waals surface area (Å²) < 4.78 is 28.7. The molecule has 0 heterocycles. The minimum Gasteiger partial charge on any atom is -0.435 e. The standard InChI is InChI=1S/C17H16F2N2O2S/c1-10-8-14(23-16(18)19)6-7-15(10)21-17(24)20-13-5-3-4-12(9-13)11(2)22/h3-9,16H,1-2H3,(H2,20,21,24). The molecule has 2 aromatic rings. The Bertz CT molecular complexity index is 766. The number of Topliss-reactive ketones (excluding diaryl/α,β-unsaturated/α-hetero) is 1. The van der Waals surface area contributed by atoms with Gasteiger partial charge in [-0.25, -0.2) is 0 Å². The number of anilines is 2. The van der Waals surface area contributed by atoms with E-state index < -0.39 is 6.61 Å². The van der Waals surface area contributed by atoms with Gasteiger partial charge >= 0.3 is 6.61 Å². The van der Waals surface area contributed by atoms with E-state index in [-0.39, 0.29) is 11.5 Å². The predicted octanol–water partition coefficient (Wildman–Crippen LogP) is 4.61. The van der Waals surface area contributed by atoms with Crippen LogP contribution in [0.4, 0.5) is 20.2 Å². The molecule has 0 aliphatic rings. The predicted molar refractivity (Wildman–Crippen MR) is 94.1 cm³/mol. The number of rotatable bonds is 5. The van der Waals surface area contributed by atoms with Gasteiger partial charge in [-0.2, -0.15) is 8.78 Å². The van der Waals surface area contributed by atoms with Crippen molar-refractivity contribution in [1.29, 1.82) is 0 Å². The molecular weight excluding hydrogens is 334 g/mol. The van der Waals surface area contributed by atoms with Crippen molar-refractivity contribution >= 4 is 34.5 Å². The van der Waals surface area contributed by atoms with Gasteiger partial charge in [0.05, 0.1) is 0 Å². The Kier molecular flexibility index (Phi) is 5.81. The van der Waals surface area contributed by atoms with Gasteiger partial charge in [-0.1, -0.05) is 12.1 Å². The first-order valence-corrected chi connectivity index (χ1v) is 7.50. The molecule has 0 unspecified atom stereocenters. The van der Waals surface area contributed by atoms with E-state index in [0.717, 1.165) is 0 Å². The third-order valence-corrected chi connectivity index (χ3v) is 3.40. The first-order valence-electron chi connectivity index (χ1n) is 7.09. The molecule has 0 atom stereocenters. The van der Waals surface area contributed by atoms with Crippen LogP contribution in [-0.4, -0.2) is 17.5 Å². The highest BCUT2D eigenvalue weighted by Gasteiger charge is 2.08. The van der Waals surface area contributed by atoms with Crippen molar-refractivity contribution in [3.63, 3.8) is 0 Å². The van der Waals surface area contributed by atoms with Crippen LogP contribution in [0.25, 0.3) is 0 Å². The van der Waals surface area contributed by atoms with Crippen molar-refractivity contribution < 1.29 is 18.3 Å². The largest absolute Gasteiger partial charge is 0.435 e. The molecule has 4 nitrogen and oxygen atoms in total. The second-order valence-corrected chi connectivity index (χ2v) is 5.48. The summed E-state index contributed by atoms with van der Waals surface area (Å²) in [6, 6.07) is 11.5. The molecule has 2 rings (SSSR count). The van der Waals surface area contributed by atoms with Crippen LogP contribution in [0.5, 0.6) is 5.75 Å². The maximum Gasteiger partial charge on any atom is 0.387 e. The maximum atomic E-state index is 12.2. The van der Waals surface area contributed by atoms with Gasteiger partial charge in [-0.05, 0) is 62.0 Å². The number of halogens is 2. The van der Waals surface area contributed by atoms with Gasteiger partial charge in [0.25, 0.3) is 0 Å². The SMILES string of the molecule is CC(=O)c1cccc(NC(=S)Nc2ccc(OC(F)F)cc2C)c1. The van der Waals surface area contributed by atoms with E-state index in [1.165, 1.54) is 19.1 Å². The van der Waals surface area contributed by atoms with Crippen LogP contribution < -0.4 is 15.4 Å². The van der Waals surface area contributed by atoms with Gasteiger partial charge in [-0.15, -0.1) is 0 Å². The van der Waals surface area contributed by atoms with Gasteiger partial charge in [0.15, 0.2) is 10.9 Å². The van der Waals surface area contributed by atoms with Crippen LogP contribution in [0.1, 0.15) is 22.8 Å². The van der Waals surface area contributed by atoms with Crippen LogP contribution in [0.3, 0.4) is 0 Å². The first-order chi connectivity index (χ1) is 11.3. The van der Waals surface area contributed by atoms with Gasteiger partial charge in [0.2, 0.25) is 0 Å². The maximum absolute atomic E-state index is 12.2. The minimum atomic E-state index is -2.86. The van der Waals surface area contributed by atoms with Crippen LogP contribution in [-0.2, 0) is 0 Å². The van der Waals surface area contributed by atoms with Gasteiger partial charge < -0.3 is 15.4 Å². The van der Waals surface area contributed by atoms with Crippen LogP contribution >= 0.6 is 12.2 Å². The number of nitrogens with one attached hydrogen (secondary N) is 2. The molecule has 0 aliphatic carbocycles. The summed E-state index contributed by atoms with van der Waals surface area (Å²) >= 11 is 5.23. The highest BCUT2D eigenvalue weighted by atomic mass is 32.1. The van der Waals surface area contributed by atoms with Crippen molar-refractivity contribution in [2.75, 3.05) is 10.6 Å². The Labute approximate surface area is 143 Å².